The summed E-state index contributed by atoms with van der Waals surface area (Å²) >= 11 is 1.13. The quantitative estimate of drug-likeness (QED) is 0.767. The molecular weight excluding hydrogens is 328 g/mol. The third kappa shape index (κ3) is 2.71. The second-order valence-electron chi connectivity index (χ2n) is 5.75. The van der Waals surface area contributed by atoms with Gasteiger partial charge in [-0.2, -0.15) is 13.7 Å². The van der Waals surface area contributed by atoms with E-state index in [0.717, 1.165) is 36.5 Å². The number of likely N-dealkylation sites (tertiary alicyclic amines) is 1. The molecule has 3 heterocycles. The summed E-state index contributed by atoms with van der Waals surface area (Å²) in [6, 6.07) is 5.19. The first-order valence-electron chi connectivity index (χ1n) is 7.81. The van der Waals surface area contributed by atoms with E-state index in [-0.39, 0.29) is 12.1 Å². The van der Waals surface area contributed by atoms with E-state index in [0.29, 0.717) is 29.5 Å². The van der Waals surface area contributed by atoms with Crippen molar-refractivity contribution in [2.45, 2.75) is 32.2 Å². The van der Waals surface area contributed by atoms with E-state index in [4.69, 9.17) is 4.52 Å². The van der Waals surface area contributed by atoms with Crippen LogP contribution in [0.1, 0.15) is 37.0 Å². The number of urea groups is 1. The fourth-order valence-electron chi connectivity index (χ4n) is 2.97. The molecule has 1 saturated heterocycles. The molecule has 1 aromatic carbocycles. The predicted octanol–water partition coefficient (Wildman–Crippen LogP) is 3.14. The van der Waals surface area contributed by atoms with Gasteiger partial charge in [0.2, 0.25) is 5.89 Å². The number of nitrogens with zero attached hydrogens (tertiary/aromatic N) is 5. The minimum Gasteiger partial charge on any atom is -0.337 e. The normalized spacial score (nSPS) is 18.0. The van der Waals surface area contributed by atoms with Crippen LogP contribution in [0.4, 0.5) is 10.5 Å². The van der Waals surface area contributed by atoms with E-state index in [1.54, 1.807) is 11.8 Å². The van der Waals surface area contributed by atoms with Crippen molar-refractivity contribution >= 4 is 34.5 Å². The molecule has 0 spiro atoms. The maximum Gasteiger partial charge on any atom is 0.322 e. The van der Waals surface area contributed by atoms with E-state index in [1.165, 1.54) is 0 Å². The van der Waals surface area contributed by atoms with Crippen molar-refractivity contribution in [3.63, 3.8) is 0 Å². The standard InChI is InChI=1S/C15H16N6O2S/c1-9-16-14(23-18-9)12-7-2-3-8-21(12)15(22)17-10-5-4-6-11-13(10)20-24-19-11/h4-6,12H,2-3,7-8H2,1H3,(H,17,22). The van der Waals surface area contributed by atoms with E-state index in [2.05, 4.69) is 24.2 Å². The number of anilines is 1. The van der Waals surface area contributed by atoms with Crippen LogP contribution in [0.5, 0.6) is 0 Å². The summed E-state index contributed by atoms with van der Waals surface area (Å²) in [5, 5.41) is 6.79. The van der Waals surface area contributed by atoms with Crippen LogP contribution in [0, 0.1) is 6.92 Å². The van der Waals surface area contributed by atoms with Gasteiger partial charge in [-0.1, -0.05) is 11.2 Å². The second kappa shape index (κ2) is 6.16. The van der Waals surface area contributed by atoms with E-state index in [1.807, 2.05) is 18.2 Å². The van der Waals surface area contributed by atoms with Crippen LogP contribution in [0.25, 0.3) is 11.0 Å². The summed E-state index contributed by atoms with van der Waals surface area (Å²) < 4.78 is 13.7. The second-order valence-corrected chi connectivity index (χ2v) is 6.28. The minimum absolute atomic E-state index is 0.184. The predicted molar refractivity (Wildman–Crippen MR) is 88.8 cm³/mol. The van der Waals surface area contributed by atoms with E-state index in [9.17, 15) is 4.79 Å². The maximum absolute atomic E-state index is 12.8. The van der Waals surface area contributed by atoms with Gasteiger partial charge in [-0.25, -0.2) is 4.79 Å². The lowest BCUT2D eigenvalue weighted by atomic mass is 10.0. The van der Waals surface area contributed by atoms with Crippen LogP contribution in [-0.4, -0.2) is 36.4 Å². The molecule has 1 aliphatic rings. The topological polar surface area (TPSA) is 97.0 Å². The molecule has 0 saturated carbocycles. The Morgan fingerprint density at radius 2 is 2.29 bits per heavy atom. The molecule has 4 rings (SSSR count). The molecule has 0 bridgehead atoms. The molecule has 1 N–H and O–H groups in total. The van der Waals surface area contributed by atoms with Crippen LogP contribution in [0.3, 0.4) is 0 Å². The summed E-state index contributed by atoms with van der Waals surface area (Å²) in [7, 11) is 0. The maximum atomic E-state index is 12.8. The molecule has 9 heteroatoms. The molecule has 1 aliphatic heterocycles. The van der Waals surface area contributed by atoms with Crippen molar-refractivity contribution in [2.24, 2.45) is 0 Å². The Morgan fingerprint density at radius 3 is 3.12 bits per heavy atom. The number of carbonyl (C=O) groups is 1. The Kier molecular flexibility index (Phi) is 3.85. The summed E-state index contributed by atoms with van der Waals surface area (Å²) in [5.41, 5.74) is 2.15. The average Bonchev–Trinajstić information content (AvgIpc) is 3.24. The molecule has 0 radical (unpaired) electrons. The fourth-order valence-corrected chi connectivity index (χ4v) is 3.52. The Bertz CT molecular complexity index is 876. The summed E-state index contributed by atoms with van der Waals surface area (Å²) in [5.74, 6) is 1.07. The number of hydrogen-bond acceptors (Lipinski definition) is 7. The van der Waals surface area contributed by atoms with Crippen LogP contribution >= 0.6 is 11.7 Å². The highest BCUT2D eigenvalue weighted by molar-refractivity contribution is 7.00. The number of amides is 2. The van der Waals surface area contributed by atoms with Gasteiger partial charge < -0.3 is 14.7 Å². The number of rotatable bonds is 2. The molecule has 3 aromatic rings. The van der Waals surface area contributed by atoms with Gasteiger partial charge in [0.15, 0.2) is 5.82 Å². The molecule has 1 unspecified atom stereocenters. The van der Waals surface area contributed by atoms with Gasteiger partial charge in [0.25, 0.3) is 0 Å². The Morgan fingerprint density at radius 1 is 1.38 bits per heavy atom. The number of benzene rings is 1. The Balaban J connectivity index is 1.59. The molecule has 8 nitrogen and oxygen atoms in total. The first kappa shape index (κ1) is 15.0. The zero-order valence-corrected chi connectivity index (χ0v) is 13.9. The number of aromatic nitrogens is 4. The summed E-state index contributed by atoms with van der Waals surface area (Å²) in [6.07, 6.45) is 2.80. The fraction of sp³-hybridized carbons (Fsp3) is 0.400. The lowest BCUT2D eigenvalue weighted by molar-refractivity contribution is 0.142. The van der Waals surface area contributed by atoms with Gasteiger partial charge in [0.1, 0.15) is 17.1 Å². The Hall–Kier alpha value is -2.55. The van der Waals surface area contributed by atoms with Crippen molar-refractivity contribution in [3.05, 3.63) is 29.9 Å². The number of aryl methyl sites for hydroxylation is 1. The number of carbonyl (C=O) groups excluding carboxylic acids is 1. The third-order valence-corrected chi connectivity index (χ3v) is 4.66. The van der Waals surface area contributed by atoms with Crippen molar-refractivity contribution < 1.29 is 9.32 Å². The smallest absolute Gasteiger partial charge is 0.322 e. The zero-order valence-electron chi connectivity index (χ0n) is 13.1. The lowest BCUT2D eigenvalue weighted by Crippen LogP contribution is -2.41. The molecule has 124 valence electrons. The number of piperidine rings is 1. The van der Waals surface area contributed by atoms with Crippen molar-refractivity contribution in [2.75, 3.05) is 11.9 Å². The van der Waals surface area contributed by atoms with Gasteiger partial charge in [0, 0.05) is 6.54 Å². The highest BCUT2D eigenvalue weighted by atomic mass is 32.1. The molecule has 2 amide bonds. The number of nitrogens with one attached hydrogen (secondary N) is 1. The number of fused-ring (bicyclic) bond motifs is 1. The molecule has 1 fully saturated rings. The number of hydrogen-bond donors (Lipinski definition) is 1. The van der Waals surface area contributed by atoms with Gasteiger partial charge in [-0.05, 0) is 38.3 Å². The zero-order chi connectivity index (χ0) is 16.5. The first-order chi connectivity index (χ1) is 11.7. The highest BCUT2D eigenvalue weighted by Crippen LogP contribution is 2.31. The van der Waals surface area contributed by atoms with Gasteiger partial charge in [-0.3, -0.25) is 0 Å². The molecular formula is C15H16N6O2S. The summed E-state index contributed by atoms with van der Waals surface area (Å²) in [4.78, 5) is 18.9. The monoisotopic (exact) mass is 344 g/mol. The molecule has 1 atom stereocenters. The van der Waals surface area contributed by atoms with Gasteiger partial charge in [0.05, 0.1) is 17.4 Å². The van der Waals surface area contributed by atoms with Gasteiger partial charge >= 0.3 is 6.03 Å². The van der Waals surface area contributed by atoms with Crippen molar-refractivity contribution in [3.8, 4) is 0 Å². The van der Waals surface area contributed by atoms with Crippen LogP contribution in [-0.2, 0) is 0 Å². The van der Waals surface area contributed by atoms with Crippen LogP contribution in [0.15, 0.2) is 22.7 Å². The van der Waals surface area contributed by atoms with E-state index >= 15 is 0 Å². The van der Waals surface area contributed by atoms with Crippen molar-refractivity contribution in [1.29, 1.82) is 0 Å². The SMILES string of the molecule is Cc1noc(C2CCCCN2C(=O)Nc2cccc3nsnc23)n1. The van der Waals surface area contributed by atoms with Crippen LogP contribution < -0.4 is 5.32 Å². The lowest BCUT2D eigenvalue weighted by Gasteiger charge is -2.33. The first-order valence-corrected chi connectivity index (χ1v) is 8.54. The highest BCUT2D eigenvalue weighted by Gasteiger charge is 2.32. The van der Waals surface area contributed by atoms with E-state index < -0.39 is 0 Å². The van der Waals surface area contributed by atoms with Crippen molar-refractivity contribution in [1.82, 2.24) is 23.8 Å². The third-order valence-electron chi connectivity index (χ3n) is 4.12. The molecule has 2 aromatic heterocycles. The van der Waals surface area contributed by atoms with Gasteiger partial charge in [-0.15, -0.1) is 0 Å². The largest absolute Gasteiger partial charge is 0.337 e. The van der Waals surface area contributed by atoms with Crippen LogP contribution in [0.2, 0.25) is 0 Å². The summed E-state index contributed by atoms with van der Waals surface area (Å²) in [6.45, 7) is 2.43. The average molecular weight is 344 g/mol. The molecule has 0 aliphatic carbocycles. The molecule has 24 heavy (non-hydrogen) atoms. The Labute approximate surface area is 142 Å². The minimum atomic E-state index is -0.187.